The van der Waals surface area contributed by atoms with Crippen LogP contribution in [0, 0.1) is 35.0 Å². The minimum Gasteiger partial charge on any atom is -0.468 e. The summed E-state index contributed by atoms with van der Waals surface area (Å²) in [6, 6.07) is -0.624. The number of fused-ring (bicyclic) bond motifs is 1. The van der Waals surface area contributed by atoms with Crippen LogP contribution in [0.1, 0.15) is 98.7 Å². The van der Waals surface area contributed by atoms with E-state index in [2.05, 4.69) is 27.2 Å². The molecule has 0 radical (unpaired) electrons. The fourth-order valence-corrected chi connectivity index (χ4v) is 9.79. The normalized spacial score (nSPS) is 23.2. The maximum Gasteiger partial charge on any atom is 0.315 e. The lowest BCUT2D eigenvalue weighted by molar-refractivity contribution is -0.145. The number of carbonyl (C=O) groups excluding carboxylic acids is 5. The minimum atomic E-state index is -3.67. The van der Waals surface area contributed by atoms with E-state index in [0.29, 0.717) is 31.6 Å². The van der Waals surface area contributed by atoms with Crippen molar-refractivity contribution in [2.45, 2.75) is 122 Å². The van der Waals surface area contributed by atoms with E-state index >= 15 is 0 Å². The molecule has 51 heavy (non-hydrogen) atoms. The molecule has 5 amide bonds. The van der Waals surface area contributed by atoms with Gasteiger partial charge in [-0.2, -0.15) is 0 Å². The molecule has 2 aliphatic carbocycles. The fourth-order valence-electron chi connectivity index (χ4n) is 7.89. The molecule has 4 rings (SSSR count). The molecule has 2 heterocycles. The highest BCUT2D eigenvalue weighted by molar-refractivity contribution is 7.90. The summed E-state index contributed by atoms with van der Waals surface area (Å²) in [6.07, 6.45) is 11.0. The third kappa shape index (κ3) is 9.53. The zero-order chi connectivity index (χ0) is 37.8. The van der Waals surface area contributed by atoms with Crippen LogP contribution in [0.5, 0.6) is 0 Å². The number of carbonyl (C=O) groups is 5. The van der Waals surface area contributed by atoms with Crippen molar-refractivity contribution in [3.05, 3.63) is 24.2 Å². The summed E-state index contributed by atoms with van der Waals surface area (Å²) in [4.78, 5) is 69.4. The Labute approximate surface area is 302 Å². The Morgan fingerprint density at radius 3 is 2.37 bits per heavy atom. The minimum absolute atomic E-state index is 0.0178. The molecule has 4 unspecified atom stereocenters. The number of sulfone groups is 1. The van der Waals surface area contributed by atoms with E-state index < -0.39 is 68.5 Å². The monoisotopic (exact) mass is 729 g/mol. The van der Waals surface area contributed by atoms with Crippen LogP contribution in [0.25, 0.3) is 0 Å². The molecule has 1 aromatic rings. The second-order valence-electron chi connectivity index (χ2n) is 16.2. The number of amides is 5. The molecule has 1 aliphatic heterocycles. The van der Waals surface area contributed by atoms with Gasteiger partial charge in [-0.3, -0.25) is 19.2 Å². The number of hydrogen-bond donors (Lipinski definition) is 4. The standard InChI is InChI=1S/C37H55N5O8S/c1-8-10-16-26(29(43)32(45)38-19-9-2)39-31(44)28-27-25(36(27,6)7)21-42(28)33(46)30(35(3,4)5)40-34(47)41-37(17-12-11-13-18-37)23-51(48,49)22-24-15-14-20-50-24/h1,14-15,20,25-28,30H,9-13,16-19,21-23H2,2-7H3,(H,38,45)(H,39,44)(H2,40,41,47)/t25?,26?,27?,28?,30-/m1/s1. The average molecular weight is 730 g/mol. The summed E-state index contributed by atoms with van der Waals surface area (Å²) in [5.41, 5.74) is -2.07. The molecule has 0 aromatic carbocycles. The smallest absolute Gasteiger partial charge is 0.315 e. The first kappa shape index (κ1) is 39.9. The van der Waals surface area contributed by atoms with Crippen LogP contribution in [0.15, 0.2) is 22.8 Å². The molecule has 0 bridgehead atoms. The molecule has 282 valence electrons. The van der Waals surface area contributed by atoms with Gasteiger partial charge in [0, 0.05) is 19.5 Å². The van der Waals surface area contributed by atoms with Crippen molar-refractivity contribution in [3.8, 4) is 12.3 Å². The lowest BCUT2D eigenvalue weighted by Gasteiger charge is -2.40. The van der Waals surface area contributed by atoms with Gasteiger partial charge in [-0.1, -0.05) is 60.8 Å². The maximum absolute atomic E-state index is 14.5. The van der Waals surface area contributed by atoms with Gasteiger partial charge in [-0.15, -0.1) is 12.3 Å². The lowest BCUT2D eigenvalue weighted by atomic mass is 9.83. The number of piperidine rings is 1. The molecule has 3 aliphatic rings. The summed E-state index contributed by atoms with van der Waals surface area (Å²) >= 11 is 0. The summed E-state index contributed by atoms with van der Waals surface area (Å²) < 4.78 is 31.8. The Morgan fingerprint density at radius 1 is 1.10 bits per heavy atom. The van der Waals surface area contributed by atoms with Gasteiger partial charge in [-0.05, 0) is 60.5 Å². The highest BCUT2D eigenvalue weighted by atomic mass is 32.2. The van der Waals surface area contributed by atoms with Crippen LogP contribution >= 0.6 is 0 Å². The van der Waals surface area contributed by atoms with Crippen molar-refractivity contribution in [2.24, 2.45) is 22.7 Å². The number of hydrogen-bond acceptors (Lipinski definition) is 8. The number of nitrogens with one attached hydrogen (secondary N) is 4. The van der Waals surface area contributed by atoms with E-state index in [1.807, 2.05) is 20.8 Å². The molecule has 2 saturated carbocycles. The van der Waals surface area contributed by atoms with Crippen molar-refractivity contribution >= 4 is 39.4 Å². The third-order valence-corrected chi connectivity index (χ3v) is 12.5. The number of rotatable bonds is 15. The van der Waals surface area contributed by atoms with E-state index in [1.54, 1.807) is 32.9 Å². The first-order valence-corrected chi connectivity index (χ1v) is 19.9. The first-order chi connectivity index (χ1) is 23.9. The van der Waals surface area contributed by atoms with Crippen molar-refractivity contribution in [2.75, 3.05) is 18.8 Å². The fraction of sp³-hybridized carbons (Fsp3) is 0.703. The summed E-state index contributed by atoms with van der Waals surface area (Å²) in [6.45, 7) is 11.9. The van der Waals surface area contributed by atoms with E-state index in [0.717, 1.165) is 19.3 Å². The number of likely N-dealkylation sites (tertiary alicyclic amines) is 1. The average Bonchev–Trinajstić information content (AvgIpc) is 3.45. The number of furan rings is 1. The molecular formula is C37H55N5O8S. The molecule has 1 aromatic heterocycles. The Kier molecular flexibility index (Phi) is 12.4. The quantitative estimate of drug-likeness (QED) is 0.157. The Hall–Kier alpha value is -3.86. The molecule has 13 nitrogen and oxygen atoms in total. The number of terminal acetylenes is 1. The van der Waals surface area contributed by atoms with E-state index in [1.165, 1.54) is 11.2 Å². The van der Waals surface area contributed by atoms with Crippen LogP contribution in [-0.2, 0) is 34.8 Å². The van der Waals surface area contributed by atoms with Gasteiger partial charge >= 0.3 is 6.03 Å². The Balaban J connectivity index is 1.53. The van der Waals surface area contributed by atoms with Gasteiger partial charge in [0.25, 0.3) is 5.91 Å². The van der Waals surface area contributed by atoms with Gasteiger partial charge in [0.2, 0.25) is 17.6 Å². The third-order valence-electron chi connectivity index (χ3n) is 10.7. The lowest BCUT2D eigenvalue weighted by Crippen LogP contribution is -2.64. The second-order valence-corrected chi connectivity index (χ2v) is 18.2. The van der Waals surface area contributed by atoms with Gasteiger partial charge in [0.15, 0.2) is 9.84 Å². The maximum atomic E-state index is 14.5. The number of nitrogens with zero attached hydrogens (tertiary/aromatic N) is 1. The predicted molar refractivity (Wildman–Crippen MR) is 191 cm³/mol. The molecule has 1 saturated heterocycles. The molecular weight excluding hydrogens is 675 g/mol. The molecule has 4 N–H and O–H groups in total. The second kappa shape index (κ2) is 15.8. The van der Waals surface area contributed by atoms with E-state index in [-0.39, 0.29) is 48.1 Å². The highest BCUT2D eigenvalue weighted by Crippen LogP contribution is 2.65. The molecule has 5 atom stereocenters. The SMILES string of the molecule is C#CCCC(NC(=O)C1C2C(CN1C(=O)[C@@H](NC(=O)NC1(CS(=O)(=O)Cc3ccco3)CCCCC1)C(C)(C)C)C2(C)C)C(=O)C(=O)NCCC. The van der Waals surface area contributed by atoms with Gasteiger partial charge in [-0.25, -0.2) is 13.2 Å². The molecule has 14 heteroatoms. The summed E-state index contributed by atoms with van der Waals surface area (Å²) in [7, 11) is -3.67. The van der Waals surface area contributed by atoms with Crippen LogP contribution in [-0.4, -0.2) is 85.4 Å². The van der Waals surface area contributed by atoms with Gasteiger partial charge < -0.3 is 30.6 Å². The number of ketones is 1. The van der Waals surface area contributed by atoms with Crippen molar-refractivity contribution in [3.63, 3.8) is 0 Å². The zero-order valence-electron chi connectivity index (χ0n) is 30.8. The van der Waals surface area contributed by atoms with Crippen molar-refractivity contribution < 1.29 is 36.8 Å². The predicted octanol–water partition coefficient (Wildman–Crippen LogP) is 3.09. The van der Waals surface area contributed by atoms with Crippen LogP contribution in [0.2, 0.25) is 0 Å². The molecule has 0 spiro atoms. The Bertz CT molecular complexity index is 1600. The zero-order valence-corrected chi connectivity index (χ0v) is 31.6. The molecule has 3 fully saturated rings. The van der Waals surface area contributed by atoms with Crippen LogP contribution < -0.4 is 21.3 Å². The van der Waals surface area contributed by atoms with Crippen LogP contribution in [0.3, 0.4) is 0 Å². The highest BCUT2D eigenvalue weighted by Gasteiger charge is 2.70. The van der Waals surface area contributed by atoms with Crippen molar-refractivity contribution in [1.29, 1.82) is 0 Å². The number of Topliss-reactive ketones (excluding diaryl/α,β-unsaturated/α-hetero) is 1. The van der Waals surface area contributed by atoms with Crippen LogP contribution in [0.4, 0.5) is 4.79 Å². The van der Waals surface area contributed by atoms with E-state index in [9.17, 15) is 32.4 Å². The van der Waals surface area contributed by atoms with Gasteiger partial charge in [0.05, 0.1) is 23.6 Å². The van der Waals surface area contributed by atoms with E-state index in [4.69, 9.17) is 10.8 Å². The number of urea groups is 1. The first-order valence-electron chi connectivity index (χ1n) is 18.0. The summed E-state index contributed by atoms with van der Waals surface area (Å²) in [5, 5.41) is 11.1. The Morgan fingerprint density at radius 2 is 1.78 bits per heavy atom. The van der Waals surface area contributed by atoms with Gasteiger partial charge in [0.1, 0.15) is 23.6 Å². The summed E-state index contributed by atoms with van der Waals surface area (Å²) in [5.74, 6) is -0.593. The largest absolute Gasteiger partial charge is 0.468 e. The van der Waals surface area contributed by atoms with Crippen molar-refractivity contribution in [1.82, 2.24) is 26.2 Å². The topological polar surface area (TPSA) is 184 Å².